The number of morpholine rings is 1. The normalized spacial score (nSPS) is 13.4. The molecule has 22 heteroatoms. The second kappa shape index (κ2) is 30.0. The van der Waals surface area contributed by atoms with Crippen LogP contribution < -0.4 is 29.1 Å². The monoisotopic (exact) mass is 1250 g/mol. The van der Waals surface area contributed by atoms with Crippen LogP contribution in [0.3, 0.4) is 0 Å². The number of aromatic hydroxyl groups is 2. The van der Waals surface area contributed by atoms with Crippen LogP contribution in [0.15, 0.2) is 128 Å². The van der Waals surface area contributed by atoms with Crippen LogP contribution >= 0.6 is 0 Å². The number of hydrogen-bond acceptors (Lipinski definition) is 15. The SMILES string of the molecule is CCCCCCCCCCCCCCCCOc1cc(NS(=O)(=O)c2cc(NS(=O)(=O)c3ccc(N=Nc4cc(NC(C)=O)c(O)c5cccc(NS(=O)(=O)c6ccccc6)c45)c(C#N)c3)ccc2N2CCOCC2)c(O)cc1C(C)(C)CC(C)(C)C. The van der Waals surface area contributed by atoms with Crippen LogP contribution in [0.2, 0.25) is 0 Å². The highest BCUT2D eigenvalue weighted by molar-refractivity contribution is 7.93. The van der Waals surface area contributed by atoms with Gasteiger partial charge in [0.2, 0.25) is 5.91 Å². The maximum absolute atomic E-state index is 14.9. The van der Waals surface area contributed by atoms with Crippen molar-refractivity contribution < 1.29 is 49.7 Å². The second-order valence-corrected chi connectivity index (χ2v) is 29.1. The second-order valence-electron chi connectivity index (χ2n) is 24.0. The minimum atomic E-state index is -4.62. The Balaban J connectivity index is 1.13. The number of unbranched alkanes of at least 4 members (excludes halogenated alkanes) is 13. The summed E-state index contributed by atoms with van der Waals surface area (Å²) in [5.41, 5.74) is -0.324. The number of carbonyl (C=O) groups is 1. The van der Waals surface area contributed by atoms with Crippen LogP contribution in [0.25, 0.3) is 10.8 Å². The fourth-order valence-electron chi connectivity index (χ4n) is 11.1. The summed E-state index contributed by atoms with van der Waals surface area (Å²) in [4.78, 5) is 13.3. The van der Waals surface area contributed by atoms with Gasteiger partial charge in [-0.1, -0.05) is 155 Å². The molecule has 6 aromatic carbocycles. The zero-order valence-electron chi connectivity index (χ0n) is 51.0. The Morgan fingerprint density at radius 1 is 0.655 bits per heavy atom. The minimum absolute atomic E-state index is 0.000174. The number of phenols is 2. The largest absolute Gasteiger partial charge is 0.506 e. The molecule has 0 aromatic heterocycles. The van der Waals surface area contributed by atoms with E-state index in [9.17, 15) is 45.5 Å². The molecule has 19 nitrogen and oxygen atoms in total. The zero-order valence-corrected chi connectivity index (χ0v) is 53.5. The van der Waals surface area contributed by atoms with Gasteiger partial charge in [0.1, 0.15) is 33.9 Å². The molecule has 1 saturated heterocycles. The number of ether oxygens (including phenoxy) is 2. The molecule has 0 spiro atoms. The molecule has 6 aromatic rings. The molecule has 1 fully saturated rings. The zero-order chi connectivity index (χ0) is 63.0. The third kappa shape index (κ3) is 18.5. The number of hydrogen-bond donors (Lipinski definition) is 6. The smallest absolute Gasteiger partial charge is 0.264 e. The number of benzene rings is 6. The molecule has 1 aliphatic heterocycles. The van der Waals surface area contributed by atoms with E-state index in [1.165, 1.54) is 144 Å². The summed E-state index contributed by atoms with van der Waals surface area (Å²) in [6.07, 6.45) is 17.7. The molecule has 87 heavy (non-hydrogen) atoms. The number of phenolic OH excluding ortho intramolecular Hbond substituents is 2. The lowest BCUT2D eigenvalue weighted by Crippen LogP contribution is -2.37. The molecule has 1 heterocycles. The van der Waals surface area contributed by atoms with Gasteiger partial charge in [-0.05, 0) is 90.4 Å². The summed E-state index contributed by atoms with van der Waals surface area (Å²) >= 11 is 0. The van der Waals surface area contributed by atoms with Crippen molar-refractivity contribution >= 4 is 86.6 Å². The summed E-state index contributed by atoms with van der Waals surface area (Å²) in [6.45, 7) is 15.7. The van der Waals surface area contributed by atoms with Gasteiger partial charge in [-0.15, -0.1) is 10.2 Å². The molecule has 6 N–H and O–H groups in total. The Hall–Kier alpha value is -7.45. The maximum Gasteiger partial charge on any atom is 0.264 e. The van der Waals surface area contributed by atoms with Crippen LogP contribution in [0.4, 0.5) is 39.8 Å². The Labute approximate surface area is 514 Å². The van der Waals surface area contributed by atoms with Crippen molar-refractivity contribution in [1.82, 2.24) is 0 Å². The van der Waals surface area contributed by atoms with Crippen molar-refractivity contribution in [3.63, 3.8) is 0 Å². The van der Waals surface area contributed by atoms with Crippen molar-refractivity contribution in [3.05, 3.63) is 114 Å². The van der Waals surface area contributed by atoms with E-state index in [1.54, 1.807) is 24.3 Å². The topological polar surface area (TPSA) is 278 Å². The lowest BCUT2D eigenvalue weighted by molar-refractivity contribution is -0.114. The van der Waals surface area contributed by atoms with Gasteiger partial charge in [0.05, 0.1) is 69.3 Å². The maximum atomic E-state index is 14.9. The number of nitrogens with zero attached hydrogens (tertiary/aromatic N) is 4. The lowest BCUT2D eigenvalue weighted by atomic mass is 9.72. The van der Waals surface area contributed by atoms with Gasteiger partial charge in [-0.2, -0.15) is 5.26 Å². The number of sulfonamides is 3. The molecule has 7 rings (SSSR count). The number of nitrogens with one attached hydrogen (secondary N) is 4. The van der Waals surface area contributed by atoms with E-state index in [0.29, 0.717) is 38.7 Å². The molecule has 1 aliphatic rings. The molecule has 0 bridgehead atoms. The number of anilines is 5. The molecular formula is C65H84N8O11S3. The number of rotatable bonds is 31. The minimum Gasteiger partial charge on any atom is -0.506 e. The quantitative estimate of drug-likeness (QED) is 0.0134. The molecule has 1 amide bonds. The Kier molecular flexibility index (Phi) is 23.1. The number of nitriles is 1. The van der Waals surface area contributed by atoms with Crippen LogP contribution in [-0.4, -0.2) is 74.3 Å². The molecule has 0 aliphatic carbocycles. The average Bonchev–Trinajstić information content (AvgIpc) is 1.15. The van der Waals surface area contributed by atoms with E-state index < -0.39 is 41.4 Å². The van der Waals surface area contributed by atoms with E-state index in [2.05, 4.69) is 71.3 Å². The van der Waals surface area contributed by atoms with E-state index >= 15 is 0 Å². The first-order chi connectivity index (χ1) is 41.3. The summed E-state index contributed by atoms with van der Waals surface area (Å²) in [5, 5.41) is 44.6. The number of amides is 1. The van der Waals surface area contributed by atoms with Gasteiger partial charge in [0.15, 0.2) is 0 Å². The molecular weight excluding hydrogens is 1160 g/mol. The van der Waals surface area contributed by atoms with Gasteiger partial charge in [0.25, 0.3) is 30.1 Å². The summed E-state index contributed by atoms with van der Waals surface area (Å²) < 4.78 is 105. The van der Waals surface area contributed by atoms with Crippen LogP contribution in [-0.2, 0) is 45.0 Å². The Morgan fingerprint density at radius 3 is 1.89 bits per heavy atom. The van der Waals surface area contributed by atoms with Gasteiger partial charge in [0, 0.05) is 42.4 Å². The first-order valence-electron chi connectivity index (χ1n) is 30.0. The molecule has 0 radical (unpaired) electrons. The predicted octanol–water partition coefficient (Wildman–Crippen LogP) is 15.3. The number of carbonyl (C=O) groups excluding carboxylic acids is 1. The molecule has 0 unspecified atom stereocenters. The number of azo groups is 1. The first-order valence-corrected chi connectivity index (χ1v) is 34.4. The van der Waals surface area contributed by atoms with Gasteiger partial charge in [-0.25, -0.2) is 25.3 Å². The molecule has 0 saturated carbocycles. The fraction of sp³-hybridized carbons (Fsp3) is 0.446. The van der Waals surface area contributed by atoms with E-state index in [1.807, 2.05) is 11.0 Å². The van der Waals surface area contributed by atoms with Gasteiger partial charge >= 0.3 is 0 Å². The lowest BCUT2D eigenvalue weighted by Gasteiger charge is -2.34. The molecule has 0 atom stereocenters. The summed E-state index contributed by atoms with van der Waals surface area (Å²) in [7, 11) is -13.4. The van der Waals surface area contributed by atoms with Crippen molar-refractivity contribution in [2.45, 2.75) is 165 Å². The van der Waals surface area contributed by atoms with Crippen molar-refractivity contribution in [2.75, 3.05) is 57.3 Å². The standard InChI is InChI=1S/C65H84N8O11S3/c1-8-9-10-11-12-13-14-15-16-17-18-19-20-24-36-84-60-43-55(59(75)41-52(60)65(6,7)45-64(3,4)5)72-87(81,82)61-40-48(30-33-58(61)73-34-37-83-38-35-73)70-86(79,80)50-31-32-53(47(39-50)44-66)68-69-56-42-57(67-46(2)74)63(76)51-28-25-29-54(62(51)56)71-85(77,78)49-26-22-21-23-27-49/h21-23,25-33,39-43,70-72,75-76H,8-20,24,34-38,45H2,1-7H3,(H,67,74). The highest BCUT2D eigenvalue weighted by Crippen LogP contribution is 2.47. The van der Waals surface area contributed by atoms with Crippen LogP contribution in [0.1, 0.15) is 156 Å². The highest BCUT2D eigenvalue weighted by Gasteiger charge is 2.33. The third-order valence-corrected chi connectivity index (χ3v) is 19.2. The summed E-state index contributed by atoms with van der Waals surface area (Å²) in [6, 6.07) is 25.9. The molecule has 468 valence electrons. The van der Waals surface area contributed by atoms with Crippen LogP contribution in [0, 0.1) is 16.7 Å². The highest BCUT2D eigenvalue weighted by atomic mass is 32.2. The Bertz CT molecular complexity index is 3780. The Morgan fingerprint density at radius 2 is 1.26 bits per heavy atom. The number of fused-ring (bicyclic) bond motifs is 1. The average molecular weight is 1250 g/mol. The predicted molar refractivity (Wildman–Crippen MR) is 345 cm³/mol. The van der Waals surface area contributed by atoms with E-state index in [4.69, 9.17) is 9.47 Å². The van der Waals surface area contributed by atoms with Crippen molar-refractivity contribution in [3.8, 4) is 23.3 Å². The fourth-order valence-corrected chi connectivity index (χ4v) is 14.6. The van der Waals surface area contributed by atoms with Crippen molar-refractivity contribution in [2.24, 2.45) is 15.6 Å². The summed E-state index contributed by atoms with van der Waals surface area (Å²) in [5.74, 6) is -0.795. The van der Waals surface area contributed by atoms with Gasteiger partial charge in [-0.3, -0.25) is 19.0 Å². The van der Waals surface area contributed by atoms with E-state index in [0.717, 1.165) is 43.7 Å². The van der Waals surface area contributed by atoms with Crippen molar-refractivity contribution in [1.29, 1.82) is 5.26 Å². The van der Waals surface area contributed by atoms with E-state index in [-0.39, 0.29) is 87.7 Å². The van der Waals surface area contributed by atoms with Crippen LogP contribution in [0.5, 0.6) is 17.2 Å². The third-order valence-electron chi connectivity index (χ3n) is 15.0. The first kappa shape index (κ1) is 67.1. The van der Waals surface area contributed by atoms with Gasteiger partial charge < -0.3 is 29.9 Å².